The molecule has 0 aliphatic carbocycles. The van der Waals surface area contributed by atoms with E-state index in [1.165, 1.54) is 0 Å². The van der Waals surface area contributed by atoms with Crippen molar-refractivity contribution in [2.45, 2.75) is 31.9 Å². The van der Waals surface area contributed by atoms with Crippen molar-refractivity contribution < 1.29 is 4.74 Å². The molecule has 0 bridgehead atoms. The Morgan fingerprint density at radius 3 is 2.82 bits per heavy atom. The Kier molecular flexibility index (Phi) is 3.39. The topological polar surface area (TPSA) is 68.7 Å². The lowest BCUT2D eigenvalue weighted by atomic mass is 9.73. The van der Waals surface area contributed by atoms with Gasteiger partial charge in [0, 0.05) is 24.5 Å². The lowest BCUT2D eigenvalue weighted by molar-refractivity contribution is 0.0974. The van der Waals surface area contributed by atoms with Crippen LogP contribution in [0.2, 0.25) is 0 Å². The average molecular weight is 366 g/mol. The third-order valence-electron chi connectivity index (χ3n) is 5.30. The molecule has 1 spiro atoms. The number of rotatable bonds is 1. The van der Waals surface area contributed by atoms with E-state index in [1.54, 1.807) is 6.33 Å². The molecule has 0 radical (unpaired) electrons. The number of hydrogen-bond donors (Lipinski definition) is 1. The molecule has 2 unspecified atom stereocenters. The molecular formula is C15H20BrN5O. The Morgan fingerprint density at radius 1 is 1.36 bits per heavy atom. The fourth-order valence-corrected chi connectivity index (χ4v) is 4.14. The van der Waals surface area contributed by atoms with Gasteiger partial charge in [-0.2, -0.15) is 0 Å². The van der Waals surface area contributed by atoms with Crippen molar-refractivity contribution >= 4 is 27.3 Å². The second kappa shape index (κ2) is 5.18. The number of ether oxygens (including phenoxy) is 1. The first-order valence-corrected chi connectivity index (χ1v) is 8.49. The predicted octanol–water partition coefficient (Wildman–Crippen LogP) is 1.82. The zero-order valence-corrected chi connectivity index (χ0v) is 14.2. The van der Waals surface area contributed by atoms with E-state index in [1.807, 2.05) is 16.8 Å². The summed E-state index contributed by atoms with van der Waals surface area (Å²) in [5.74, 6) is 0.996. The third kappa shape index (κ3) is 2.06. The Balaban J connectivity index is 1.59. The third-order valence-corrected chi connectivity index (χ3v) is 5.88. The van der Waals surface area contributed by atoms with E-state index >= 15 is 0 Å². The average Bonchev–Trinajstić information content (AvgIpc) is 3.12. The minimum absolute atomic E-state index is 0.141. The highest BCUT2D eigenvalue weighted by Crippen LogP contribution is 2.42. The molecule has 2 aliphatic rings. The molecule has 2 aromatic rings. The number of piperidine rings is 1. The second-order valence-electron chi connectivity index (χ2n) is 6.44. The van der Waals surface area contributed by atoms with Gasteiger partial charge in [0.1, 0.15) is 16.4 Å². The fourth-order valence-electron chi connectivity index (χ4n) is 3.75. The quantitative estimate of drug-likeness (QED) is 0.834. The molecule has 7 heteroatoms. The summed E-state index contributed by atoms with van der Waals surface area (Å²) >= 11 is 3.51. The monoisotopic (exact) mass is 365 g/mol. The van der Waals surface area contributed by atoms with Crippen molar-refractivity contribution in [3.63, 3.8) is 0 Å². The summed E-state index contributed by atoms with van der Waals surface area (Å²) < 4.78 is 8.72. The molecule has 2 saturated heterocycles. The van der Waals surface area contributed by atoms with Crippen LogP contribution in [0.4, 0.5) is 5.82 Å². The number of nitrogens with zero attached hydrogens (tertiary/aromatic N) is 4. The zero-order chi connectivity index (χ0) is 15.3. The predicted molar refractivity (Wildman–Crippen MR) is 88.0 cm³/mol. The molecule has 118 valence electrons. The molecule has 4 heterocycles. The lowest BCUT2D eigenvalue weighted by Gasteiger charge is -2.41. The Bertz CT molecular complexity index is 694. The van der Waals surface area contributed by atoms with Crippen LogP contribution in [0.3, 0.4) is 0 Å². The van der Waals surface area contributed by atoms with E-state index in [9.17, 15) is 0 Å². The van der Waals surface area contributed by atoms with Crippen molar-refractivity contribution in [2.75, 3.05) is 24.6 Å². The van der Waals surface area contributed by atoms with Gasteiger partial charge in [0.05, 0.1) is 25.1 Å². The van der Waals surface area contributed by atoms with Gasteiger partial charge in [-0.15, -0.1) is 0 Å². The van der Waals surface area contributed by atoms with Crippen LogP contribution in [-0.4, -0.2) is 46.2 Å². The largest absolute Gasteiger partial charge is 0.376 e. The molecular weight excluding hydrogens is 346 g/mol. The van der Waals surface area contributed by atoms with Gasteiger partial charge in [0.2, 0.25) is 0 Å². The molecule has 0 aromatic carbocycles. The zero-order valence-electron chi connectivity index (χ0n) is 12.6. The first-order chi connectivity index (χ1) is 10.6. The van der Waals surface area contributed by atoms with Crippen LogP contribution in [0.15, 0.2) is 23.3 Å². The summed E-state index contributed by atoms with van der Waals surface area (Å²) in [6.07, 6.45) is 7.77. The molecule has 2 atom stereocenters. The maximum absolute atomic E-state index is 6.39. The Hall–Kier alpha value is -1.18. The second-order valence-corrected chi connectivity index (χ2v) is 7.26. The summed E-state index contributed by atoms with van der Waals surface area (Å²) in [5, 5.41) is 0. The van der Waals surface area contributed by atoms with E-state index in [0.717, 1.165) is 48.5 Å². The van der Waals surface area contributed by atoms with Crippen LogP contribution >= 0.6 is 15.9 Å². The first-order valence-electron chi connectivity index (χ1n) is 7.69. The van der Waals surface area contributed by atoms with Crippen LogP contribution in [0.25, 0.3) is 5.52 Å². The number of halogens is 1. The number of fused-ring (bicyclic) bond motifs is 1. The Morgan fingerprint density at radius 2 is 2.14 bits per heavy atom. The van der Waals surface area contributed by atoms with Crippen LogP contribution in [0.5, 0.6) is 0 Å². The smallest absolute Gasteiger partial charge is 0.154 e. The van der Waals surface area contributed by atoms with Crippen LogP contribution in [-0.2, 0) is 4.74 Å². The number of aromatic nitrogens is 3. The lowest BCUT2D eigenvalue weighted by Crippen LogP contribution is -2.50. The summed E-state index contributed by atoms with van der Waals surface area (Å²) in [6, 6.07) is 0.141. The van der Waals surface area contributed by atoms with Crippen molar-refractivity contribution in [2.24, 2.45) is 11.1 Å². The summed E-state index contributed by atoms with van der Waals surface area (Å²) in [4.78, 5) is 11.2. The van der Waals surface area contributed by atoms with Crippen molar-refractivity contribution in [3.8, 4) is 0 Å². The van der Waals surface area contributed by atoms with E-state index in [0.29, 0.717) is 0 Å². The molecule has 0 amide bonds. The maximum atomic E-state index is 6.39. The van der Waals surface area contributed by atoms with E-state index in [2.05, 4.69) is 37.7 Å². The fraction of sp³-hybridized carbons (Fsp3) is 0.600. The van der Waals surface area contributed by atoms with Gasteiger partial charge in [0.15, 0.2) is 5.82 Å². The van der Waals surface area contributed by atoms with Gasteiger partial charge in [0.25, 0.3) is 0 Å². The van der Waals surface area contributed by atoms with Crippen LogP contribution < -0.4 is 10.6 Å². The number of anilines is 1. The molecule has 2 N–H and O–H groups in total. The maximum Gasteiger partial charge on any atom is 0.154 e. The van der Waals surface area contributed by atoms with Gasteiger partial charge in [-0.3, -0.25) is 4.40 Å². The normalized spacial score (nSPS) is 27.9. The SMILES string of the molecule is CC1OCC2(CCN(c3ncc(Br)n4cncc34)CC2)C1N. The molecule has 2 aromatic heterocycles. The van der Waals surface area contributed by atoms with Gasteiger partial charge in [-0.05, 0) is 35.7 Å². The van der Waals surface area contributed by atoms with E-state index in [4.69, 9.17) is 10.5 Å². The molecule has 0 saturated carbocycles. The van der Waals surface area contributed by atoms with Gasteiger partial charge in [-0.25, -0.2) is 9.97 Å². The molecule has 2 aliphatic heterocycles. The summed E-state index contributed by atoms with van der Waals surface area (Å²) in [7, 11) is 0. The summed E-state index contributed by atoms with van der Waals surface area (Å²) in [5.41, 5.74) is 7.56. The molecule has 2 fully saturated rings. The summed E-state index contributed by atoms with van der Waals surface area (Å²) in [6.45, 7) is 4.79. The van der Waals surface area contributed by atoms with Crippen molar-refractivity contribution in [3.05, 3.63) is 23.3 Å². The number of imidazole rings is 1. The minimum Gasteiger partial charge on any atom is -0.376 e. The van der Waals surface area contributed by atoms with Gasteiger partial charge >= 0.3 is 0 Å². The minimum atomic E-state index is 0.141. The van der Waals surface area contributed by atoms with E-state index < -0.39 is 0 Å². The number of nitrogens with two attached hydrogens (primary N) is 1. The highest BCUT2D eigenvalue weighted by molar-refractivity contribution is 9.10. The molecule has 4 rings (SSSR count). The highest BCUT2D eigenvalue weighted by atomic mass is 79.9. The first kappa shape index (κ1) is 14.4. The highest BCUT2D eigenvalue weighted by Gasteiger charge is 2.47. The van der Waals surface area contributed by atoms with Crippen molar-refractivity contribution in [1.82, 2.24) is 14.4 Å². The standard InChI is InChI=1S/C15H20BrN5O/c1-10-13(17)15(8-22-10)2-4-20(5-3-15)14-11-6-18-9-21(11)12(16)7-19-14/h6-7,9-10,13H,2-5,8,17H2,1H3. The van der Waals surface area contributed by atoms with Crippen molar-refractivity contribution in [1.29, 1.82) is 0 Å². The van der Waals surface area contributed by atoms with Gasteiger partial charge in [-0.1, -0.05) is 0 Å². The van der Waals surface area contributed by atoms with Crippen LogP contribution in [0.1, 0.15) is 19.8 Å². The molecule has 6 nitrogen and oxygen atoms in total. The Labute approximate surface area is 137 Å². The van der Waals surface area contributed by atoms with Gasteiger partial charge < -0.3 is 15.4 Å². The molecule has 22 heavy (non-hydrogen) atoms. The van der Waals surface area contributed by atoms with Crippen LogP contribution in [0, 0.1) is 5.41 Å². The van der Waals surface area contributed by atoms with E-state index in [-0.39, 0.29) is 17.6 Å². The number of hydrogen-bond acceptors (Lipinski definition) is 5.